The molecule has 0 saturated heterocycles. The van der Waals surface area contributed by atoms with Gasteiger partial charge in [0, 0.05) is 35.6 Å². The summed E-state index contributed by atoms with van der Waals surface area (Å²) >= 11 is 12.2. The maximum absolute atomic E-state index is 12.8. The van der Waals surface area contributed by atoms with Gasteiger partial charge in [0.25, 0.3) is 5.91 Å². The zero-order valence-corrected chi connectivity index (χ0v) is 20.1. The van der Waals surface area contributed by atoms with E-state index >= 15 is 0 Å². The Bertz CT molecular complexity index is 1150. The maximum atomic E-state index is 12.8. The number of carbonyl (C=O) groups is 2. The first-order chi connectivity index (χ1) is 15.2. The number of aromatic nitrogens is 2. The van der Waals surface area contributed by atoms with E-state index in [0.717, 1.165) is 22.6 Å². The number of carbonyl (C=O) groups excluding carboxylic acids is 2. The van der Waals surface area contributed by atoms with Crippen molar-refractivity contribution in [3.8, 4) is 5.69 Å². The number of hydrogen-bond donors (Lipinski definition) is 1. The highest BCUT2D eigenvalue weighted by atomic mass is 35.5. The fraction of sp³-hybridized carbons (Fsp3) is 0.292. The molecule has 3 aromatic rings. The van der Waals surface area contributed by atoms with Gasteiger partial charge < -0.3 is 10.2 Å². The Balaban J connectivity index is 1.77. The van der Waals surface area contributed by atoms with Crippen molar-refractivity contribution < 1.29 is 9.59 Å². The second-order valence-electron chi connectivity index (χ2n) is 7.44. The van der Waals surface area contributed by atoms with Gasteiger partial charge in [-0.25, -0.2) is 4.68 Å². The summed E-state index contributed by atoms with van der Waals surface area (Å²) in [6, 6.07) is 12.3. The fourth-order valence-electron chi connectivity index (χ4n) is 3.59. The quantitative estimate of drug-likeness (QED) is 0.496. The van der Waals surface area contributed by atoms with Crippen LogP contribution in [0.4, 0.5) is 5.69 Å². The summed E-state index contributed by atoms with van der Waals surface area (Å²) < 4.78 is 1.75. The predicted molar refractivity (Wildman–Crippen MR) is 129 cm³/mol. The number of hydrogen-bond acceptors (Lipinski definition) is 3. The first kappa shape index (κ1) is 23.8. The molecule has 168 valence electrons. The summed E-state index contributed by atoms with van der Waals surface area (Å²) in [7, 11) is 0. The van der Waals surface area contributed by atoms with E-state index in [1.165, 1.54) is 0 Å². The van der Waals surface area contributed by atoms with Crippen molar-refractivity contribution in [3.05, 3.63) is 75.0 Å². The SMILES string of the molecule is CCN(CC)C(=O)c1cccc(NC(=O)Cc2c(C)nn(-c3ccc(Cl)c(Cl)c3)c2C)c1. The Hall–Kier alpha value is -2.83. The number of amides is 2. The smallest absolute Gasteiger partial charge is 0.253 e. The van der Waals surface area contributed by atoms with Crippen LogP contribution in [0.2, 0.25) is 10.0 Å². The van der Waals surface area contributed by atoms with Crippen LogP contribution in [0.3, 0.4) is 0 Å². The van der Waals surface area contributed by atoms with E-state index in [2.05, 4.69) is 10.4 Å². The highest BCUT2D eigenvalue weighted by Crippen LogP contribution is 2.26. The molecule has 2 aromatic carbocycles. The molecule has 0 saturated carbocycles. The van der Waals surface area contributed by atoms with Crippen LogP contribution in [0.1, 0.15) is 41.2 Å². The van der Waals surface area contributed by atoms with E-state index < -0.39 is 0 Å². The lowest BCUT2D eigenvalue weighted by Gasteiger charge is -2.19. The van der Waals surface area contributed by atoms with Crippen LogP contribution in [-0.4, -0.2) is 39.6 Å². The van der Waals surface area contributed by atoms with Crippen LogP contribution in [0.15, 0.2) is 42.5 Å². The van der Waals surface area contributed by atoms with Gasteiger partial charge in [0.05, 0.1) is 27.8 Å². The van der Waals surface area contributed by atoms with E-state index in [4.69, 9.17) is 23.2 Å². The van der Waals surface area contributed by atoms with Gasteiger partial charge in [-0.1, -0.05) is 29.3 Å². The number of aryl methyl sites for hydroxylation is 1. The lowest BCUT2D eigenvalue weighted by molar-refractivity contribution is -0.115. The lowest BCUT2D eigenvalue weighted by Crippen LogP contribution is -2.30. The van der Waals surface area contributed by atoms with Crippen molar-refractivity contribution in [2.75, 3.05) is 18.4 Å². The van der Waals surface area contributed by atoms with Gasteiger partial charge in [-0.2, -0.15) is 5.10 Å². The van der Waals surface area contributed by atoms with Crippen molar-refractivity contribution in [3.63, 3.8) is 0 Å². The Labute approximate surface area is 198 Å². The van der Waals surface area contributed by atoms with Crippen molar-refractivity contribution in [1.82, 2.24) is 14.7 Å². The largest absolute Gasteiger partial charge is 0.339 e. The molecule has 6 nitrogen and oxygen atoms in total. The molecule has 0 fully saturated rings. The van der Waals surface area contributed by atoms with Crippen LogP contribution in [0, 0.1) is 13.8 Å². The molecule has 32 heavy (non-hydrogen) atoms. The molecule has 2 amide bonds. The van der Waals surface area contributed by atoms with Crippen LogP contribution in [0.5, 0.6) is 0 Å². The number of nitrogens with one attached hydrogen (secondary N) is 1. The number of halogens is 2. The van der Waals surface area contributed by atoms with Gasteiger partial charge in [-0.15, -0.1) is 0 Å². The van der Waals surface area contributed by atoms with Gasteiger partial charge in [0.1, 0.15) is 0 Å². The Morgan fingerprint density at radius 3 is 2.41 bits per heavy atom. The van der Waals surface area contributed by atoms with Gasteiger partial charge in [0.2, 0.25) is 5.91 Å². The molecule has 0 aliphatic heterocycles. The summed E-state index contributed by atoms with van der Waals surface area (Å²) in [6.07, 6.45) is 0.160. The first-order valence-corrected chi connectivity index (χ1v) is 11.2. The topological polar surface area (TPSA) is 67.2 Å². The predicted octanol–water partition coefficient (Wildman–Crippen LogP) is 5.46. The van der Waals surface area contributed by atoms with E-state index in [-0.39, 0.29) is 18.2 Å². The molecule has 0 unspecified atom stereocenters. The average Bonchev–Trinajstić information content (AvgIpc) is 3.05. The summed E-state index contributed by atoms with van der Waals surface area (Å²) in [4.78, 5) is 27.1. The second kappa shape index (κ2) is 10.2. The third kappa shape index (κ3) is 5.14. The van der Waals surface area contributed by atoms with Gasteiger partial charge in [-0.05, 0) is 64.1 Å². The van der Waals surface area contributed by atoms with Gasteiger partial charge >= 0.3 is 0 Å². The molecule has 0 aliphatic rings. The summed E-state index contributed by atoms with van der Waals surface area (Å²) in [5, 5.41) is 8.38. The molecular weight excluding hydrogens is 447 g/mol. The number of nitrogens with zero attached hydrogens (tertiary/aromatic N) is 3. The Morgan fingerprint density at radius 1 is 1.03 bits per heavy atom. The summed E-state index contributed by atoms with van der Waals surface area (Å²) in [6.45, 7) is 8.92. The van der Waals surface area contributed by atoms with Crippen LogP contribution >= 0.6 is 23.2 Å². The normalized spacial score (nSPS) is 10.8. The van der Waals surface area contributed by atoms with Gasteiger partial charge in [0.15, 0.2) is 0 Å². The maximum Gasteiger partial charge on any atom is 0.253 e. The Kier molecular flexibility index (Phi) is 7.59. The molecule has 1 aromatic heterocycles. The second-order valence-corrected chi connectivity index (χ2v) is 8.26. The van der Waals surface area contributed by atoms with Crippen molar-refractivity contribution in [1.29, 1.82) is 0 Å². The van der Waals surface area contributed by atoms with Crippen LogP contribution in [0.25, 0.3) is 5.69 Å². The fourth-order valence-corrected chi connectivity index (χ4v) is 3.88. The van der Waals surface area contributed by atoms with Crippen LogP contribution < -0.4 is 5.32 Å². The molecule has 0 spiro atoms. The summed E-state index contributed by atoms with van der Waals surface area (Å²) in [5.74, 6) is -0.238. The molecule has 0 radical (unpaired) electrons. The van der Waals surface area contributed by atoms with Crippen molar-refractivity contribution in [2.45, 2.75) is 34.1 Å². The molecular formula is C24H26Cl2N4O2. The number of anilines is 1. The highest BCUT2D eigenvalue weighted by Gasteiger charge is 2.18. The molecule has 8 heteroatoms. The van der Waals surface area contributed by atoms with Crippen molar-refractivity contribution in [2.24, 2.45) is 0 Å². The molecule has 0 bridgehead atoms. The number of benzene rings is 2. The van der Waals surface area contributed by atoms with Crippen molar-refractivity contribution >= 4 is 40.7 Å². The monoisotopic (exact) mass is 472 g/mol. The molecule has 0 atom stereocenters. The van der Waals surface area contributed by atoms with E-state index in [0.29, 0.717) is 34.4 Å². The lowest BCUT2D eigenvalue weighted by atomic mass is 10.1. The van der Waals surface area contributed by atoms with E-state index in [1.54, 1.807) is 46.0 Å². The third-order valence-electron chi connectivity index (χ3n) is 5.37. The third-order valence-corrected chi connectivity index (χ3v) is 6.11. The first-order valence-electron chi connectivity index (χ1n) is 10.4. The van der Waals surface area contributed by atoms with E-state index in [9.17, 15) is 9.59 Å². The molecule has 0 aliphatic carbocycles. The minimum absolute atomic E-state index is 0.0549. The minimum atomic E-state index is -0.183. The standard InChI is InChI=1S/C24H26Cl2N4O2/c1-5-29(6-2)24(32)17-8-7-9-18(12-17)27-23(31)14-20-15(3)28-30(16(20)4)19-10-11-21(25)22(26)13-19/h7-13H,5-6,14H2,1-4H3,(H,27,31). The molecule has 3 rings (SSSR count). The van der Waals surface area contributed by atoms with Gasteiger partial charge in [-0.3, -0.25) is 9.59 Å². The average molecular weight is 473 g/mol. The van der Waals surface area contributed by atoms with E-state index in [1.807, 2.05) is 33.8 Å². The minimum Gasteiger partial charge on any atom is -0.339 e. The zero-order valence-electron chi connectivity index (χ0n) is 18.6. The number of rotatable bonds is 7. The van der Waals surface area contributed by atoms with Crippen LogP contribution in [-0.2, 0) is 11.2 Å². The summed E-state index contributed by atoms with van der Waals surface area (Å²) in [5.41, 5.74) is 4.35. The molecule has 1 N–H and O–H groups in total. The zero-order chi connectivity index (χ0) is 23.4. The highest BCUT2D eigenvalue weighted by molar-refractivity contribution is 6.42. The molecule has 1 heterocycles. The Morgan fingerprint density at radius 2 is 1.75 bits per heavy atom.